The Kier molecular flexibility index (Phi) is 63.0. The van der Waals surface area contributed by atoms with Gasteiger partial charge in [-0.3, -0.25) is 9.59 Å². The molecular weight excluding hydrogens is 923 g/mol. The van der Waals surface area contributed by atoms with Crippen LogP contribution in [0, 0.1) is 0 Å². The lowest BCUT2D eigenvalue weighted by molar-refractivity contribution is -0.143. The van der Waals surface area contributed by atoms with Gasteiger partial charge in [-0.15, -0.1) is 0 Å². The molecule has 1 amide bonds. The third-order valence-corrected chi connectivity index (χ3v) is 15.6. The molecule has 0 heterocycles. The number of nitrogens with one attached hydrogen (secondary N) is 1. The van der Waals surface area contributed by atoms with E-state index < -0.39 is 12.1 Å². The lowest BCUT2D eigenvalue weighted by atomic mass is 10.0. The Morgan fingerprint density at radius 2 is 0.627 bits per heavy atom. The van der Waals surface area contributed by atoms with Gasteiger partial charge < -0.3 is 20.3 Å². The summed E-state index contributed by atoms with van der Waals surface area (Å²) in [5.74, 6) is -0.0702. The molecular formula is C69H131NO5. The zero-order chi connectivity index (χ0) is 54.3. The van der Waals surface area contributed by atoms with Crippen LogP contribution in [-0.2, 0) is 14.3 Å². The quantitative estimate of drug-likeness (QED) is 0.0320. The van der Waals surface area contributed by atoms with E-state index in [9.17, 15) is 19.8 Å². The van der Waals surface area contributed by atoms with Crippen LogP contribution >= 0.6 is 0 Å². The number of rotatable bonds is 63. The molecule has 2 unspecified atom stereocenters. The fourth-order valence-corrected chi connectivity index (χ4v) is 10.4. The third kappa shape index (κ3) is 61.2. The Labute approximate surface area is 468 Å². The van der Waals surface area contributed by atoms with Crippen LogP contribution in [0.4, 0.5) is 0 Å². The molecule has 0 aromatic rings. The zero-order valence-corrected chi connectivity index (χ0v) is 50.5. The van der Waals surface area contributed by atoms with E-state index in [4.69, 9.17) is 4.74 Å². The minimum Gasteiger partial charge on any atom is -0.466 e. The van der Waals surface area contributed by atoms with E-state index in [-0.39, 0.29) is 18.5 Å². The van der Waals surface area contributed by atoms with Crippen molar-refractivity contribution in [3.05, 3.63) is 36.5 Å². The van der Waals surface area contributed by atoms with Gasteiger partial charge in [-0.1, -0.05) is 307 Å². The van der Waals surface area contributed by atoms with Gasteiger partial charge in [0.2, 0.25) is 5.91 Å². The minimum atomic E-state index is -0.850. The van der Waals surface area contributed by atoms with Gasteiger partial charge >= 0.3 is 5.97 Å². The van der Waals surface area contributed by atoms with Gasteiger partial charge in [0.1, 0.15) is 0 Å². The first-order valence-electron chi connectivity index (χ1n) is 33.8. The van der Waals surface area contributed by atoms with Gasteiger partial charge in [0.25, 0.3) is 0 Å². The number of carbonyl (C=O) groups is 2. The van der Waals surface area contributed by atoms with Crippen molar-refractivity contribution in [2.24, 2.45) is 0 Å². The first-order valence-corrected chi connectivity index (χ1v) is 33.8. The van der Waals surface area contributed by atoms with E-state index >= 15 is 0 Å². The second kappa shape index (κ2) is 64.6. The molecule has 0 saturated carbocycles. The van der Waals surface area contributed by atoms with Crippen molar-refractivity contribution in [3.63, 3.8) is 0 Å². The molecule has 0 radical (unpaired) electrons. The fraction of sp³-hybridized carbons (Fsp3) is 0.884. The van der Waals surface area contributed by atoms with E-state index in [1.54, 1.807) is 6.08 Å². The van der Waals surface area contributed by atoms with Crippen LogP contribution < -0.4 is 5.32 Å². The highest BCUT2D eigenvalue weighted by Gasteiger charge is 2.18. The number of allylic oxidation sites excluding steroid dienone is 5. The van der Waals surface area contributed by atoms with Gasteiger partial charge in [-0.2, -0.15) is 0 Å². The van der Waals surface area contributed by atoms with Gasteiger partial charge in [-0.25, -0.2) is 0 Å². The Balaban J connectivity index is 3.45. The number of aliphatic hydroxyl groups excluding tert-OH is 2. The van der Waals surface area contributed by atoms with Crippen LogP contribution in [0.2, 0.25) is 0 Å². The Morgan fingerprint density at radius 3 is 0.947 bits per heavy atom. The summed E-state index contributed by atoms with van der Waals surface area (Å²) in [6.07, 6.45) is 82.0. The number of ether oxygens (including phenoxy) is 1. The number of hydrogen-bond donors (Lipinski definition) is 3. The summed E-state index contributed by atoms with van der Waals surface area (Å²) in [6.45, 7) is 4.92. The molecule has 0 aromatic heterocycles. The van der Waals surface area contributed by atoms with E-state index in [2.05, 4.69) is 43.5 Å². The van der Waals surface area contributed by atoms with Gasteiger partial charge in [0.05, 0.1) is 25.4 Å². The number of hydrogen-bond acceptors (Lipinski definition) is 5. The Hall–Kier alpha value is -1.92. The van der Waals surface area contributed by atoms with E-state index in [0.29, 0.717) is 19.4 Å². The molecule has 0 rings (SSSR count). The molecule has 3 N–H and O–H groups in total. The first kappa shape index (κ1) is 73.1. The van der Waals surface area contributed by atoms with Crippen LogP contribution in [-0.4, -0.2) is 47.4 Å². The summed E-state index contributed by atoms with van der Waals surface area (Å²) in [4.78, 5) is 24.6. The predicted molar refractivity (Wildman–Crippen MR) is 329 cm³/mol. The van der Waals surface area contributed by atoms with Crippen LogP contribution in [0.3, 0.4) is 0 Å². The number of aliphatic hydroxyl groups is 2. The smallest absolute Gasteiger partial charge is 0.305 e. The second-order valence-corrected chi connectivity index (χ2v) is 23.1. The molecule has 0 fully saturated rings. The average Bonchev–Trinajstić information content (AvgIpc) is 3.41. The summed E-state index contributed by atoms with van der Waals surface area (Å²) in [5, 5.41) is 23.2. The molecule has 6 heteroatoms. The van der Waals surface area contributed by atoms with Crippen LogP contribution in [0.1, 0.15) is 367 Å². The van der Waals surface area contributed by atoms with Crippen molar-refractivity contribution in [3.8, 4) is 0 Å². The van der Waals surface area contributed by atoms with E-state index in [1.807, 2.05) is 6.08 Å². The second-order valence-electron chi connectivity index (χ2n) is 23.1. The highest BCUT2D eigenvalue weighted by molar-refractivity contribution is 5.76. The highest BCUT2D eigenvalue weighted by atomic mass is 16.5. The average molecular weight is 1050 g/mol. The third-order valence-electron chi connectivity index (χ3n) is 15.6. The zero-order valence-electron chi connectivity index (χ0n) is 50.5. The molecule has 0 aromatic carbocycles. The molecule has 6 nitrogen and oxygen atoms in total. The number of unbranched alkanes of at least 4 members (excludes halogenated alkanes) is 48. The van der Waals surface area contributed by atoms with Crippen LogP contribution in [0.15, 0.2) is 36.5 Å². The van der Waals surface area contributed by atoms with Crippen molar-refractivity contribution in [2.75, 3.05) is 13.2 Å². The van der Waals surface area contributed by atoms with E-state index in [0.717, 1.165) is 51.4 Å². The maximum Gasteiger partial charge on any atom is 0.305 e. The minimum absolute atomic E-state index is 0.00185. The molecule has 0 spiro atoms. The summed E-state index contributed by atoms with van der Waals surface area (Å²) >= 11 is 0. The molecule has 0 bridgehead atoms. The van der Waals surface area contributed by atoms with Crippen molar-refractivity contribution in [1.82, 2.24) is 5.32 Å². The summed E-state index contributed by atoms with van der Waals surface area (Å²) < 4.78 is 5.48. The molecule has 0 aliphatic heterocycles. The maximum atomic E-state index is 12.5. The molecule has 442 valence electrons. The lowest BCUT2D eigenvalue weighted by Crippen LogP contribution is -2.45. The number of amides is 1. The van der Waals surface area contributed by atoms with Gasteiger partial charge in [0.15, 0.2) is 0 Å². The highest BCUT2D eigenvalue weighted by Crippen LogP contribution is 2.18. The summed E-state index contributed by atoms with van der Waals surface area (Å²) in [7, 11) is 0. The monoisotopic (exact) mass is 1050 g/mol. The number of esters is 1. The lowest BCUT2D eigenvalue weighted by Gasteiger charge is -2.20. The molecule has 0 aliphatic rings. The van der Waals surface area contributed by atoms with Gasteiger partial charge in [-0.05, 0) is 83.5 Å². The van der Waals surface area contributed by atoms with E-state index in [1.165, 1.54) is 289 Å². The maximum absolute atomic E-state index is 12.5. The topological polar surface area (TPSA) is 95.9 Å². The summed E-state index contributed by atoms with van der Waals surface area (Å²) in [6, 6.07) is -0.634. The Bertz CT molecular complexity index is 1210. The molecule has 75 heavy (non-hydrogen) atoms. The standard InChI is InChI=1S/C69H131NO5/c1-3-5-7-9-11-13-15-17-19-20-21-24-27-30-34-37-41-45-49-53-57-61-67(72)66(65-71)70-68(73)62-58-54-50-46-42-38-35-31-28-25-22-23-26-29-32-36-40-44-48-52-56-60-64-75-69(74)63-59-55-51-47-43-39-33-18-16-14-12-10-8-6-4-2/h18,25,28,33,57,61,66-67,71-72H,3-17,19-24,26-27,29-32,34-56,58-60,62-65H2,1-2H3,(H,70,73)/b28-25-,33-18-,61-57+. The van der Waals surface area contributed by atoms with Crippen molar-refractivity contribution < 1.29 is 24.5 Å². The molecule has 2 atom stereocenters. The predicted octanol–water partition coefficient (Wildman–Crippen LogP) is 21.5. The largest absolute Gasteiger partial charge is 0.466 e. The Morgan fingerprint density at radius 1 is 0.360 bits per heavy atom. The van der Waals surface area contributed by atoms with Crippen LogP contribution in [0.5, 0.6) is 0 Å². The SMILES string of the molecule is CCCCCCCC/C=C\CCCCCCCC(=O)OCCCCCCCCCCCCC/C=C\CCCCCCCCCC(=O)NC(CO)C(O)/C=C/CCCCCCCCCCCCCCCCCCCCC. The van der Waals surface area contributed by atoms with Crippen molar-refractivity contribution in [2.45, 2.75) is 379 Å². The van der Waals surface area contributed by atoms with Crippen molar-refractivity contribution >= 4 is 11.9 Å². The first-order chi connectivity index (χ1) is 37.0. The van der Waals surface area contributed by atoms with Crippen molar-refractivity contribution in [1.29, 1.82) is 0 Å². The summed E-state index contributed by atoms with van der Waals surface area (Å²) in [5.41, 5.74) is 0. The van der Waals surface area contributed by atoms with Gasteiger partial charge in [0, 0.05) is 12.8 Å². The van der Waals surface area contributed by atoms with Crippen LogP contribution in [0.25, 0.3) is 0 Å². The molecule has 0 saturated heterocycles. The normalized spacial score (nSPS) is 12.7. The molecule has 0 aliphatic carbocycles. The fourth-order valence-electron chi connectivity index (χ4n) is 10.4. The number of carbonyl (C=O) groups excluding carboxylic acids is 2.